The number of hydrogen-bond acceptors (Lipinski definition) is 4. The SMILES string of the molecule is Cc1ccc(C(C)C)cc1O[C@@H]1C[C@@H]2CN(C(=O)c3cc4ncccc4[nH]3)C[C@@H]2C[C@H]1O. The Morgan fingerprint density at radius 3 is 2.72 bits per heavy atom. The molecule has 1 saturated carbocycles. The van der Waals surface area contributed by atoms with Gasteiger partial charge < -0.3 is 19.7 Å². The zero-order valence-electron chi connectivity index (χ0n) is 18.9. The molecule has 3 heterocycles. The molecule has 2 N–H and O–H groups in total. The van der Waals surface area contributed by atoms with Crippen molar-refractivity contribution in [1.29, 1.82) is 0 Å². The number of ether oxygens (including phenoxy) is 1. The highest BCUT2D eigenvalue weighted by atomic mass is 16.5. The number of rotatable bonds is 4. The monoisotopic (exact) mass is 433 g/mol. The minimum Gasteiger partial charge on any atom is -0.487 e. The van der Waals surface area contributed by atoms with E-state index in [-0.39, 0.29) is 12.0 Å². The molecular formula is C26H31N3O3. The number of likely N-dealkylation sites (tertiary alicyclic amines) is 1. The second-order valence-electron chi connectivity index (χ2n) is 9.72. The molecule has 2 fully saturated rings. The molecule has 1 amide bonds. The molecule has 1 aliphatic carbocycles. The van der Waals surface area contributed by atoms with Gasteiger partial charge in [0.1, 0.15) is 17.5 Å². The molecule has 168 valence electrons. The van der Waals surface area contributed by atoms with Crippen LogP contribution in [0.2, 0.25) is 0 Å². The third kappa shape index (κ3) is 3.88. The third-order valence-electron chi connectivity index (χ3n) is 7.15. The molecule has 0 unspecified atom stereocenters. The largest absolute Gasteiger partial charge is 0.487 e. The third-order valence-corrected chi connectivity index (χ3v) is 7.15. The van der Waals surface area contributed by atoms with Crippen LogP contribution in [0.25, 0.3) is 11.0 Å². The van der Waals surface area contributed by atoms with Gasteiger partial charge in [-0.25, -0.2) is 0 Å². The van der Waals surface area contributed by atoms with E-state index in [2.05, 4.69) is 42.0 Å². The summed E-state index contributed by atoms with van der Waals surface area (Å²) in [4.78, 5) is 22.6. The Bertz CT molecular complexity index is 1110. The normalized spacial score (nSPS) is 25.3. The number of carbonyl (C=O) groups excluding carboxylic acids is 1. The zero-order valence-corrected chi connectivity index (χ0v) is 18.9. The first-order valence-corrected chi connectivity index (χ1v) is 11.6. The number of aromatic amines is 1. The van der Waals surface area contributed by atoms with Gasteiger partial charge in [0, 0.05) is 19.3 Å². The maximum Gasteiger partial charge on any atom is 0.270 e. The van der Waals surface area contributed by atoms with Gasteiger partial charge in [-0.2, -0.15) is 0 Å². The highest BCUT2D eigenvalue weighted by Gasteiger charge is 2.44. The molecule has 6 nitrogen and oxygen atoms in total. The molecule has 2 aliphatic rings. The molecule has 32 heavy (non-hydrogen) atoms. The van der Waals surface area contributed by atoms with Crippen LogP contribution >= 0.6 is 0 Å². The van der Waals surface area contributed by atoms with E-state index in [0.29, 0.717) is 43.0 Å². The maximum absolute atomic E-state index is 13.1. The molecule has 4 atom stereocenters. The predicted octanol–water partition coefficient (Wildman–Crippen LogP) is 4.29. The number of hydrogen-bond donors (Lipinski definition) is 2. The van der Waals surface area contributed by atoms with Gasteiger partial charge in [0.15, 0.2) is 0 Å². The molecule has 1 aliphatic heterocycles. The molecule has 1 saturated heterocycles. The molecule has 0 bridgehead atoms. The topological polar surface area (TPSA) is 78.5 Å². The van der Waals surface area contributed by atoms with Crippen LogP contribution in [0.15, 0.2) is 42.6 Å². The van der Waals surface area contributed by atoms with Crippen molar-refractivity contribution in [2.45, 2.75) is 51.7 Å². The van der Waals surface area contributed by atoms with Gasteiger partial charge in [-0.15, -0.1) is 0 Å². The number of aliphatic hydroxyl groups is 1. The van der Waals surface area contributed by atoms with Crippen LogP contribution in [0.3, 0.4) is 0 Å². The average Bonchev–Trinajstić information content (AvgIpc) is 3.38. The van der Waals surface area contributed by atoms with Crippen molar-refractivity contribution in [3.63, 3.8) is 0 Å². The fourth-order valence-electron chi connectivity index (χ4n) is 5.19. The quantitative estimate of drug-likeness (QED) is 0.644. The van der Waals surface area contributed by atoms with Crippen LogP contribution in [-0.4, -0.2) is 51.2 Å². The number of amides is 1. The number of aliphatic hydroxyl groups excluding tert-OH is 1. The summed E-state index contributed by atoms with van der Waals surface area (Å²) < 4.78 is 6.35. The number of H-pyrrole nitrogens is 1. The first-order valence-electron chi connectivity index (χ1n) is 11.6. The molecular weight excluding hydrogens is 402 g/mol. The van der Waals surface area contributed by atoms with E-state index in [1.807, 2.05) is 30.0 Å². The van der Waals surface area contributed by atoms with Crippen LogP contribution in [-0.2, 0) is 0 Å². The van der Waals surface area contributed by atoms with Gasteiger partial charge in [-0.05, 0) is 72.9 Å². The summed E-state index contributed by atoms with van der Waals surface area (Å²) in [6.07, 6.45) is 2.39. The van der Waals surface area contributed by atoms with Crippen molar-refractivity contribution in [3.8, 4) is 5.75 Å². The Morgan fingerprint density at radius 1 is 1.19 bits per heavy atom. The maximum atomic E-state index is 13.1. The number of fused-ring (bicyclic) bond motifs is 2. The van der Waals surface area contributed by atoms with Crippen molar-refractivity contribution in [1.82, 2.24) is 14.9 Å². The molecule has 0 radical (unpaired) electrons. The Balaban J connectivity index is 1.29. The summed E-state index contributed by atoms with van der Waals surface area (Å²) >= 11 is 0. The van der Waals surface area contributed by atoms with Crippen LogP contribution in [0.1, 0.15) is 54.2 Å². The Morgan fingerprint density at radius 2 is 1.97 bits per heavy atom. The fraction of sp³-hybridized carbons (Fsp3) is 0.462. The second kappa shape index (κ2) is 8.24. The lowest BCUT2D eigenvalue weighted by atomic mass is 9.78. The number of aryl methyl sites for hydroxylation is 1. The number of aromatic nitrogens is 2. The van der Waals surface area contributed by atoms with Gasteiger partial charge in [0.25, 0.3) is 5.91 Å². The van der Waals surface area contributed by atoms with E-state index in [1.165, 1.54) is 5.56 Å². The average molecular weight is 434 g/mol. The van der Waals surface area contributed by atoms with Gasteiger partial charge in [-0.1, -0.05) is 26.0 Å². The highest BCUT2D eigenvalue weighted by Crippen LogP contribution is 2.39. The van der Waals surface area contributed by atoms with E-state index in [1.54, 1.807) is 6.20 Å². The Hall–Kier alpha value is -2.86. The smallest absolute Gasteiger partial charge is 0.270 e. The van der Waals surface area contributed by atoms with Gasteiger partial charge >= 0.3 is 0 Å². The number of carbonyl (C=O) groups is 1. The lowest BCUT2D eigenvalue weighted by Crippen LogP contribution is -2.42. The predicted molar refractivity (Wildman–Crippen MR) is 124 cm³/mol. The number of nitrogens with one attached hydrogen (secondary N) is 1. The van der Waals surface area contributed by atoms with E-state index < -0.39 is 6.10 Å². The molecule has 5 rings (SSSR count). The van der Waals surface area contributed by atoms with E-state index in [0.717, 1.165) is 28.8 Å². The lowest BCUT2D eigenvalue weighted by molar-refractivity contribution is -0.0234. The summed E-state index contributed by atoms with van der Waals surface area (Å²) in [5.41, 5.74) is 4.57. The zero-order chi connectivity index (χ0) is 22.4. The minimum atomic E-state index is -0.523. The van der Waals surface area contributed by atoms with E-state index in [9.17, 15) is 9.90 Å². The van der Waals surface area contributed by atoms with Crippen LogP contribution in [0.5, 0.6) is 5.75 Å². The van der Waals surface area contributed by atoms with Crippen LogP contribution in [0, 0.1) is 18.8 Å². The summed E-state index contributed by atoms with van der Waals surface area (Å²) in [5, 5.41) is 10.8. The first kappa shape index (κ1) is 21.0. The number of pyridine rings is 1. The molecule has 6 heteroatoms. The fourth-order valence-corrected chi connectivity index (χ4v) is 5.19. The van der Waals surface area contributed by atoms with Crippen molar-refractivity contribution in [3.05, 3.63) is 59.4 Å². The highest BCUT2D eigenvalue weighted by molar-refractivity contribution is 5.97. The van der Waals surface area contributed by atoms with E-state index in [4.69, 9.17) is 4.74 Å². The van der Waals surface area contributed by atoms with Gasteiger partial charge in [-0.3, -0.25) is 9.78 Å². The Kier molecular flexibility index (Phi) is 5.41. The molecule has 0 spiro atoms. The van der Waals surface area contributed by atoms with Crippen molar-refractivity contribution >= 4 is 16.9 Å². The van der Waals surface area contributed by atoms with E-state index >= 15 is 0 Å². The minimum absolute atomic E-state index is 0.00448. The molecule has 1 aromatic carbocycles. The first-order chi connectivity index (χ1) is 15.4. The lowest BCUT2D eigenvalue weighted by Gasteiger charge is -2.35. The summed E-state index contributed by atoms with van der Waals surface area (Å²) in [6.45, 7) is 7.76. The van der Waals surface area contributed by atoms with Crippen LogP contribution < -0.4 is 4.74 Å². The van der Waals surface area contributed by atoms with Crippen molar-refractivity contribution in [2.24, 2.45) is 11.8 Å². The number of nitrogens with zero attached hydrogens (tertiary/aromatic N) is 2. The summed E-state index contributed by atoms with van der Waals surface area (Å²) in [6, 6.07) is 11.9. The van der Waals surface area contributed by atoms with Crippen LogP contribution in [0.4, 0.5) is 0 Å². The summed E-state index contributed by atoms with van der Waals surface area (Å²) in [7, 11) is 0. The summed E-state index contributed by atoms with van der Waals surface area (Å²) in [5.74, 6) is 1.93. The van der Waals surface area contributed by atoms with Crippen molar-refractivity contribution < 1.29 is 14.6 Å². The van der Waals surface area contributed by atoms with Crippen molar-refractivity contribution in [2.75, 3.05) is 13.1 Å². The Labute approximate surface area is 188 Å². The van der Waals surface area contributed by atoms with Gasteiger partial charge in [0.2, 0.25) is 0 Å². The number of benzene rings is 1. The molecule has 2 aromatic heterocycles. The molecule has 3 aromatic rings. The second-order valence-corrected chi connectivity index (χ2v) is 9.72. The standard InChI is InChI=1S/C26H31N3O3/c1-15(2)17-7-6-16(3)24(10-17)32-25-11-19-14-29(13-18(19)9-23(25)30)26(31)22-12-21-20(28-22)5-4-8-27-21/h4-8,10,12,15,18-19,23,25,28,30H,9,11,13-14H2,1-3H3/t18-,19+,23+,25+/m0/s1. The van der Waals surface area contributed by atoms with Gasteiger partial charge in [0.05, 0.1) is 17.1 Å².